The Morgan fingerprint density at radius 2 is 2.05 bits per heavy atom. The number of hydrogen-bond donors (Lipinski definition) is 0. The molecule has 0 atom stereocenters. The van der Waals surface area contributed by atoms with Gasteiger partial charge in [-0.1, -0.05) is 6.07 Å². The van der Waals surface area contributed by atoms with E-state index in [9.17, 15) is 4.79 Å². The summed E-state index contributed by atoms with van der Waals surface area (Å²) in [5.41, 5.74) is 0.957. The third-order valence-electron chi connectivity index (χ3n) is 3.48. The molecule has 0 aromatic carbocycles. The number of anilines is 1. The van der Waals surface area contributed by atoms with Crippen molar-refractivity contribution in [3.63, 3.8) is 0 Å². The van der Waals surface area contributed by atoms with Gasteiger partial charge in [0.1, 0.15) is 12.1 Å². The van der Waals surface area contributed by atoms with Crippen LogP contribution in [0.3, 0.4) is 0 Å². The van der Waals surface area contributed by atoms with Crippen molar-refractivity contribution < 1.29 is 4.79 Å². The minimum atomic E-state index is 0.145. The molecule has 3 rings (SSSR count). The summed E-state index contributed by atoms with van der Waals surface area (Å²) < 4.78 is 0. The highest BCUT2D eigenvalue weighted by atomic mass is 32.1. The van der Waals surface area contributed by atoms with Gasteiger partial charge < -0.3 is 9.80 Å². The number of carbonyl (C=O) groups is 1. The summed E-state index contributed by atoms with van der Waals surface area (Å²) in [5.74, 6) is 1.08. The fourth-order valence-electron chi connectivity index (χ4n) is 2.33. The largest absolute Gasteiger partial charge is 0.353 e. The van der Waals surface area contributed by atoms with E-state index >= 15 is 0 Å². The molecule has 20 heavy (non-hydrogen) atoms. The van der Waals surface area contributed by atoms with Crippen molar-refractivity contribution in [2.45, 2.75) is 6.92 Å². The minimum absolute atomic E-state index is 0.145. The van der Waals surface area contributed by atoms with Crippen molar-refractivity contribution in [2.75, 3.05) is 31.1 Å². The Kier molecular flexibility index (Phi) is 3.64. The predicted molar refractivity (Wildman–Crippen MR) is 79.8 cm³/mol. The summed E-state index contributed by atoms with van der Waals surface area (Å²) >= 11 is 1.67. The Morgan fingerprint density at radius 1 is 1.25 bits per heavy atom. The molecule has 1 fully saturated rings. The van der Waals surface area contributed by atoms with Crippen LogP contribution in [0.15, 0.2) is 29.9 Å². The first-order chi connectivity index (χ1) is 9.74. The summed E-state index contributed by atoms with van der Waals surface area (Å²) in [6.45, 7) is 4.78. The lowest BCUT2D eigenvalue weighted by atomic mass is 10.2. The average Bonchev–Trinajstić information content (AvgIpc) is 3.02. The molecule has 0 aliphatic carbocycles. The second kappa shape index (κ2) is 5.58. The van der Waals surface area contributed by atoms with E-state index in [1.54, 1.807) is 24.6 Å². The maximum atomic E-state index is 11.3. The number of aromatic nitrogens is 2. The van der Waals surface area contributed by atoms with Gasteiger partial charge in [0.15, 0.2) is 0 Å². The molecule has 1 saturated heterocycles. The van der Waals surface area contributed by atoms with Gasteiger partial charge in [-0.3, -0.25) is 4.79 Å². The van der Waals surface area contributed by atoms with Crippen LogP contribution < -0.4 is 4.90 Å². The molecular formula is C14H16N4OS. The highest BCUT2D eigenvalue weighted by molar-refractivity contribution is 7.13. The molecule has 0 unspecified atom stereocenters. The monoisotopic (exact) mass is 288 g/mol. The van der Waals surface area contributed by atoms with E-state index in [1.807, 2.05) is 22.4 Å². The fourth-order valence-corrected chi connectivity index (χ4v) is 3.02. The van der Waals surface area contributed by atoms with Crippen LogP contribution in [0, 0.1) is 0 Å². The van der Waals surface area contributed by atoms with Gasteiger partial charge in [-0.25, -0.2) is 9.97 Å². The second-order valence-corrected chi connectivity index (χ2v) is 5.68. The molecule has 1 aliphatic rings. The first-order valence-corrected chi connectivity index (χ1v) is 7.48. The Morgan fingerprint density at radius 3 is 2.70 bits per heavy atom. The van der Waals surface area contributed by atoms with E-state index < -0.39 is 0 Å². The summed E-state index contributed by atoms with van der Waals surface area (Å²) in [6.07, 6.45) is 1.61. The molecule has 1 aliphatic heterocycles. The average molecular weight is 288 g/mol. The summed E-state index contributed by atoms with van der Waals surface area (Å²) in [6, 6.07) is 6.10. The molecule has 0 saturated carbocycles. The first-order valence-electron chi connectivity index (χ1n) is 6.60. The normalized spacial score (nSPS) is 15.4. The minimum Gasteiger partial charge on any atom is -0.353 e. The number of nitrogens with zero attached hydrogens (tertiary/aromatic N) is 4. The Balaban J connectivity index is 1.75. The number of piperazine rings is 1. The first kappa shape index (κ1) is 13.1. The van der Waals surface area contributed by atoms with Crippen molar-refractivity contribution in [1.29, 1.82) is 0 Å². The standard InChI is InChI=1S/C14H16N4OS/c1-11(19)17-4-6-18(7-5-17)14-9-12(15-10-16-14)13-3-2-8-20-13/h2-3,8-10H,4-7H2,1H3. The lowest BCUT2D eigenvalue weighted by molar-refractivity contribution is -0.129. The summed E-state index contributed by atoms with van der Waals surface area (Å²) in [5, 5.41) is 2.04. The second-order valence-electron chi connectivity index (χ2n) is 4.73. The Hall–Kier alpha value is -1.95. The molecule has 3 heterocycles. The van der Waals surface area contributed by atoms with Crippen molar-refractivity contribution in [2.24, 2.45) is 0 Å². The van der Waals surface area contributed by atoms with Gasteiger partial charge in [0, 0.05) is 39.2 Å². The van der Waals surface area contributed by atoms with Crippen molar-refractivity contribution >= 4 is 23.1 Å². The zero-order valence-electron chi connectivity index (χ0n) is 11.3. The van der Waals surface area contributed by atoms with Crippen LogP contribution in [0.4, 0.5) is 5.82 Å². The third kappa shape index (κ3) is 2.65. The lowest BCUT2D eigenvalue weighted by Gasteiger charge is -2.34. The van der Waals surface area contributed by atoms with Gasteiger partial charge in [0.05, 0.1) is 10.6 Å². The van der Waals surface area contributed by atoms with Crippen LogP contribution in [-0.4, -0.2) is 47.0 Å². The third-order valence-corrected chi connectivity index (χ3v) is 4.37. The van der Waals surface area contributed by atoms with Crippen LogP contribution in [0.1, 0.15) is 6.92 Å². The molecule has 1 amide bonds. The zero-order chi connectivity index (χ0) is 13.9. The molecule has 2 aromatic heterocycles. The maximum absolute atomic E-state index is 11.3. The fraction of sp³-hybridized carbons (Fsp3) is 0.357. The predicted octanol–water partition coefficient (Wildman–Crippen LogP) is 1.87. The number of carbonyl (C=O) groups excluding carboxylic acids is 1. The van der Waals surface area contributed by atoms with Gasteiger partial charge in [0.2, 0.25) is 5.91 Å². The van der Waals surface area contributed by atoms with Gasteiger partial charge >= 0.3 is 0 Å². The maximum Gasteiger partial charge on any atom is 0.219 e. The van der Waals surface area contributed by atoms with Crippen molar-refractivity contribution in [3.8, 4) is 10.6 Å². The van der Waals surface area contributed by atoms with Gasteiger partial charge in [0.25, 0.3) is 0 Å². The molecule has 104 valence electrons. The quantitative estimate of drug-likeness (QED) is 0.846. The van der Waals surface area contributed by atoms with E-state index in [2.05, 4.69) is 20.9 Å². The van der Waals surface area contributed by atoms with E-state index in [1.165, 1.54) is 0 Å². The van der Waals surface area contributed by atoms with Crippen LogP contribution in [0.5, 0.6) is 0 Å². The molecule has 6 heteroatoms. The molecule has 0 bridgehead atoms. The molecule has 5 nitrogen and oxygen atoms in total. The van der Waals surface area contributed by atoms with Gasteiger partial charge in [-0.05, 0) is 11.4 Å². The number of amides is 1. The molecule has 2 aromatic rings. The van der Waals surface area contributed by atoms with E-state index in [0.29, 0.717) is 0 Å². The van der Waals surface area contributed by atoms with Crippen molar-refractivity contribution in [1.82, 2.24) is 14.9 Å². The summed E-state index contributed by atoms with van der Waals surface area (Å²) in [4.78, 5) is 25.3. The van der Waals surface area contributed by atoms with Gasteiger partial charge in [-0.15, -0.1) is 11.3 Å². The number of thiophene rings is 1. The number of hydrogen-bond acceptors (Lipinski definition) is 5. The highest BCUT2D eigenvalue weighted by Crippen LogP contribution is 2.25. The van der Waals surface area contributed by atoms with Crippen LogP contribution in [0.2, 0.25) is 0 Å². The smallest absolute Gasteiger partial charge is 0.219 e. The van der Waals surface area contributed by atoms with Crippen LogP contribution >= 0.6 is 11.3 Å². The molecule has 0 spiro atoms. The molecular weight excluding hydrogens is 272 g/mol. The zero-order valence-corrected chi connectivity index (χ0v) is 12.1. The van der Waals surface area contributed by atoms with Crippen molar-refractivity contribution in [3.05, 3.63) is 29.9 Å². The topological polar surface area (TPSA) is 49.3 Å². The lowest BCUT2D eigenvalue weighted by Crippen LogP contribution is -2.48. The van der Waals surface area contributed by atoms with Gasteiger partial charge in [-0.2, -0.15) is 0 Å². The van der Waals surface area contributed by atoms with E-state index in [0.717, 1.165) is 42.6 Å². The Bertz CT molecular complexity index is 591. The van der Waals surface area contributed by atoms with E-state index in [-0.39, 0.29) is 5.91 Å². The molecule has 0 N–H and O–H groups in total. The molecule has 0 radical (unpaired) electrons. The van der Waals surface area contributed by atoms with Crippen LogP contribution in [0.25, 0.3) is 10.6 Å². The van der Waals surface area contributed by atoms with Crippen LogP contribution in [-0.2, 0) is 4.79 Å². The van der Waals surface area contributed by atoms with E-state index in [4.69, 9.17) is 0 Å². The highest BCUT2D eigenvalue weighted by Gasteiger charge is 2.19. The summed E-state index contributed by atoms with van der Waals surface area (Å²) in [7, 11) is 0. The SMILES string of the molecule is CC(=O)N1CCN(c2cc(-c3cccs3)ncn2)CC1. The Labute approximate surface area is 121 Å². The number of rotatable bonds is 2.